The molecule has 108 valence electrons. The summed E-state index contributed by atoms with van der Waals surface area (Å²) in [6, 6.07) is 5.78. The largest absolute Gasteiger partial charge is 0.493 e. The first-order valence-corrected chi connectivity index (χ1v) is 7.20. The lowest BCUT2D eigenvalue weighted by Crippen LogP contribution is -2.13. The second-order valence-electron chi connectivity index (χ2n) is 4.40. The summed E-state index contributed by atoms with van der Waals surface area (Å²) in [5.41, 5.74) is 8.47. The molecule has 2 rings (SSSR count). The lowest BCUT2D eigenvalue weighted by Gasteiger charge is -2.17. The molecule has 0 spiro atoms. The van der Waals surface area contributed by atoms with E-state index in [0.29, 0.717) is 17.2 Å². The Hall–Kier alpha value is -1.72. The van der Waals surface area contributed by atoms with E-state index in [-0.39, 0.29) is 6.04 Å². The highest BCUT2D eigenvalue weighted by atomic mass is 32.1. The Morgan fingerprint density at radius 1 is 1.10 bits per heavy atom. The van der Waals surface area contributed by atoms with Crippen molar-refractivity contribution in [3.05, 3.63) is 40.1 Å². The van der Waals surface area contributed by atoms with Gasteiger partial charge in [-0.25, -0.2) is 0 Å². The van der Waals surface area contributed by atoms with Crippen molar-refractivity contribution in [2.24, 2.45) is 5.73 Å². The maximum Gasteiger partial charge on any atom is 0.203 e. The van der Waals surface area contributed by atoms with Gasteiger partial charge in [0.2, 0.25) is 5.75 Å². The SMILES string of the molecule is COc1cc(C(N)Cc2ccsc2)cc(OC)c1OC. The van der Waals surface area contributed by atoms with Crippen LogP contribution >= 0.6 is 11.3 Å². The van der Waals surface area contributed by atoms with Gasteiger partial charge in [0.1, 0.15) is 0 Å². The number of benzene rings is 1. The second-order valence-corrected chi connectivity index (χ2v) is 5.18. The quantitative estimate of drug-likeness (QED) is 0.889. The van der Waals surface area contributed by atoms with Crippen molar-refractivity contribution in [2.75, 3.05) is 21.3 Å². The fraction of sp³-hybridized carbons (Fsp3) is 0.333. The zero-order valence-electron chi connectivity index (χ0n) is 11.9. The Labute approximate surface area is 123 Å². The summed E-state index contributed by atoms with van der Waals surface area (Å²) < 4.78 is 16.0. The lowest BCUT2D eigenvalue weighted by atomic mass is 10.0. The molecule has 2 N–H and O–H groups in total. The van der Waals surface area contributed by atoms with Crippen molar-refractivity contribution in [3.63, 3.8) is 0 Å². The van der Waals surface area contributed by atoms with E-state index in [9.17, 15) is 0 Å². The molecule has 1 unspecified atom stereocenters. The highest BCUT2D eigenvalue weighted by Gasteiger charge is 2.17. The van der Waals surface area contributed by atoms with Crippen molar-refractivity contribution >= 4 is 11.3 Å². The molecule has 0 amide bonds. The standard InChI is InChI=1S/C15H19NO3S/c1-17-13-7-11(8-14(18-2)15(13)19-3)12(16)6-10-4-5-20-9-10/h4-5,7-9,12H,6,16H2,1-3H3. The van der Waals surface area contributed by atoms with Gasteiger partial charge in [0.05, 0.1) is 21.3 Å². The van der Waals surface area contributed by atoms with Crippen LogP contribution in [0.2, 0.25) is 0 Å². The average Bonchev–Trinajstić information content (AvgIpc) is 2.98. The Balaban J connectivity index is 2.31. The maximum absolute atomic E-state index is 6.28. The predicted molar refractivity (Wildman–Crippen MR) is 81.0 cm³/mol. The highest BCUT2D eigenvalue weighted by Crippen LogP contribution is 2.39. The second kappa shape index (κ2) is 6.63. The van der Waals surface area contributed by atoms with Crippen LogP contribution in [-0.2, 0) is 6.42 Å². The zero-order valence-corrected chi connectivity index (χ0v) is 12.7. The first-order chi connectivity index (χ1) is 9.69. The van der Waals surface area contributed by atoms with Crippen molar-refractivity contribution in [2.45, 2.75) is 12.5 Å². The maximum atomic E-state index is 6.28. The Bertz CT molecular complexity index is 529. The van der Waals surface area contributed by atoms with Gasteiger partial charge in [-0.1, -0.05) is 0 Å². The fourth-order valence-corrected chi connectivity index (χ4v) is 2.78. The van der Waals surface area contributed by atoms with E-state index in [1.165, 1.54) is 5.56 Å². The molecule has 4 nitrogen and oxygen atoms in total. The first kappa shape index (κ1) is 14.7. The molecule has 1 aromatic carbocycles. The third kappa shape index (κ3) is 3.05. The molecule has 0 aliphatic heterocycles. The van der Waals surface area contributed by atoms with E-state index >= 15 is 0 Å². The number of hydrogen-bond donors (Lipinski definition) is 1. The van der Waals surface area contributed by atoms with Gasteiger partial charge >= 0.3 is 0 Å². The van der Waals surface area contributed by atoms with Gasteiger partial charge in [0.25, 0.3) is 0 Å². The Morgan fingerprint density at radius 2 is 1.75 bits per heavy atom. The van der Waals surface area contributed by atoms with Gasteiger partial charge in [-0.2, -0.15) is 11.3 Å². The van der Waals surface area contributed by atoms with Crippen LogP contribution < -0.4 is 19.9 Å². The Morgan fingerprint density at radius 3 is 2.20 bits per heavy atom. The topological polar surface area (TPSA) is 53.7 Å². The number of hydrogen-bond acceptors (Lipinski definition) is 5. The minimum atomic E-state index is -0.113. The lowest BCUT2D eigenvalue weighted by molar-refractivity contribution is 0.323. The third-order valence-corrected chi connectivity index (χ3v) is 3.88. The van der Waals surface area contributed by atoms with E-state index in [4.69, 9.17) is 19.9 Å². The number of ether oxygens (including phenoxy) is 3. The van der Waals surface area contributed by atoms with Crippen LogP contribution in [0.4, 0.5) is 0 Å². The highest BCUT2D eigenvalue weighted by molar-refractivity contribution is 7.07. The molecule has 5 heteroatoms. The average molecular weight is 293 g/mol. The molecule has 1 aromatic heterocycles. The Kier molecular flexibility index (Phi) is 4.87. The van der Waals surface area contributed by atoms with E-state index in [0.717, 1.165) is 12.0 Å². The molecule has 0 saturated heterocycles. The van der Waals surface area contributed by atoms with Gasteiger partial charge in [-0.15, -0.1) is 0 Å². The number of rotatable bonds is 6. The minimum absolute atomic E-state index is 0.113. The van der Waals surface area contributed by atoms with E-state index in [2.05, 4.69) is 16.8 Å². The summed E-state index contributed by atoms with van der Waals surface area (Å²) in [4.78, 5) is 0. The van der Waals surface area contributed by atoms with Gasteiger partial charge in [0.15, 0.2) is 11.5 Å². The predicted octanol–water partition coefficient (Wildman–Crippen LogP) is 3.02. The summed E-state index contributed by atoms with van der Waals surface area (Å²) in [5, 5.41) is 4.16. The zero-order chi connectivity index (χ0) is 14.5. The third-order valence-electron chi connectivity index (χ3n) is 3.15. The molecule has 1 atom stereocenters. The number of methoxy groups -OCH3 is 3. The van der Waals surface area contributed by atoms with Crippen LogP contribution in [0.15, 0.2) is 29.0 Å². The normalized spacial score (nSPS) is 12.0. The first-order valence-electron chi connectivity index (χ1n) is 6.26. The molecule has 0 radical (unpaired) electrons. The molecule has 0 aliphatic rings. The molecular weight excluding hydrogens is 274 g/mol. The van der Waals surface area contributed by atoms with Gasteiger partial charge in [0, 0.05) is 6.04 Å². The summed E-state index contributed by atoms with van der Waals surface area (Å²) in [7, 11) is 4.79. The van der Waals surface area contributed by atoms with Crippen molar-refractivity contribution < 1.29 is 14.2 Å². The molecule has 0 fully saturated rings. The summed E-state index contributed by atoms with van der Waals surface area (Å²) >= 11 is 1.67. The summed E-state index contributed by atoms with van der Waals surface area (Å²) in [5.74, 6) is 1.84. The van der Waals surface area contributed by atoms with E-state index < -0.39 is 0 Å². The molecule has 20 heavy (non-hydrogen) atoms. The number of thiophene rings is 1. The number of nitrogens with two attached hydrogens (primary N) is 1. The van der Waals surface area contributed by atoms with Crippen LogP contribution in [-0.4, -0.2) is 21.3 Å². The van der Waals surface area contributed by atoms with Crippen molar-refractivity contribution in [3.8, 4) is 17.2 Å². The van der Waals surface area contributed by atoms with Crippen LogP contribution in [0.1, 0.15) is 17.2 Å². The molecule has 2 aromatic rings. The van der Waals surface area contributed by atoms with Crippen LogP contribution in [0, 0.1) is 0 Å². The van der Waals surface area contributed by atoms with E-state index in [1.807, 2.05) is 12.1 Å². The smallest absolute Gasteiger partial charge is 0.203 e. The van der Waals surface area contributed by atoms with Crippen LogP contribution in [0.25, 0.3) is 0 Å². The fourth-order valence-electron chi connectivity index (χ4n) is 2.10. The molecule has 0 aliphatic carbocycles. The minimum Gasteiger partial charge on any atom is -0.493 e. The summed E-state index contributed by atoms with van der Waals surface area (Å²) in [6.45, 7) is 0. The molecule has 0 saturated carbocycles. The summed E-state index contributed by atoms with van der Waals surface area (Å²) in [6.07, 6.45) is 0.780. The van der Waals surface area contributed by atoms with Crippen molar-refractivity contribution in [1.82, 2.24) is 0 Å². The van der Waals surface area contributed by atoms with Gasteiger partial charge < -0.3 is 19.9 Å². The van der Waals surface area contributed by atoms with Gasteiger partial charge in [-0.3, -0.25) is 0 Å². The molecule has 1 heterocycles. The van der Waals surface area contributed by atoms with Crippen LogP contribution in [0.5, 0.6) is 17.2 Å². The van der Waals surface area contributed by atoms with E-state index in [1.54, 1.807) is 32.7 Å². The van der Waals surface area contributed by atoms with Crippen LogP contribution in [0.3, 0.4) is 0 Å². The van der Waals surface area contributed by atoms with Gasteiger partial charge in [-0.05, 0) is 46.5 Å². The monoisotopic (exact) mass is 293 g/mol. The molecular formula is C15H19NO3S. The molecule has 0 bridgehead atoms. The van der Waals surface area contributed by atoms with Crippen molar-refractivity contribution in [1.29, 1.82) is 0 Å².